The second-order valence-corrected chi connectivity index (χ2v) is 7.74. The van der Waals surface area contributed by atoms with Crippen molar-refractivity contribution in [1.82, 2.24) is 0 Å². The molecule has 27 heavy (non-hydrogen) atoms. The molecule has 2 N–H and O–H groups in total. The number of carboxylic acid groups (broad SMARTS) is 1. The number of hydrogen-bond donors (Lipinski definition) is 2. The van der Waals surface area contributed by atoms with E-state index < -0.39 is 23.8 Å². The third-order valence-electron chi connectivity index (χ3n) is 5.24. The Morgan fingerprint density at radius 3 is 2.70 bits per heavy atom. The molecule has 3 nitrogen and oxygen atoms in total. The number of anilines is 1. The van der Waals surface area contributed by atoms with Gasteiger partial charge >= 0.3 is 12.1 Å². The number of allylic oxidation sites excluding steroid dienone is 2. The summed E-state index contributed by atoms with van der Waals surface area (Å²) >= 11 is 3.36. The molecular formula is C20H15BrF3NO2. The molecule has 0 spiro atoms. The summed E-state index contributed by atoms with van der Waals surface area (Å²) in [6, 6.07) is 8.24. The zero-order valence-corrected chi connectivity index (χ0v) is 15.5. The summed E-state index contributed by atoms with van der Waals surface area (Å²) in [6.45, 7) is 0. The number of carboxylic acids is 1. The van der Waals surface area contributed by atoms with E-state index in [2.05, 4.69) is 21.2 Å². The molecule has 2 aromatic rings. The van der Waals surface area contributed by atoms with E-state index in [0.29, 0.717) is 22.1 Å². The van der Waals surface area contributed by atoms with Crippen LogP contribution in [0.1, 0.15) is 45.4 Å². The summed E-state index contributed by atoms with van der Waals surface area (Å²) in [5, 5.41) is 12.8. The summed E-state index contributed by atoms with van der Waals surface area (Å²) in [7, 11) is 0. The predicted molar refractivity (Wildman–Crippen MR) is 98.9 cm³/mol. The molecule has 0 amide bonds. The molecule has 3 atom stereocenters. The Hall–Kier alpha value is -2.28. The first-order valence-electron chi connectivity index (χ1n) is 8.43. The third-order valence-corrected chi connectivity index (χ3v) is 5.69. The second-order valence-electron chi connectivity index (χ2n) is 6.82. The van der Waals surface area contributed by atoms with Gasteiger partial charge in [0.05, 0.1) is 22.9 Å². The number of fused-ring (bicyclic) bond motifs is 3. The lowest BCUT2D eigenvalue weighted by atomic mass is 9.76. The molecule has 0 saturated carbocycles. The van der Waals surface area contributed by atoms with Crippen molar-refractivity contribution < 1.29 is 23.1 Å². The Labute approximate surface area is 162 Å². The lowest BCUT2D eigenvalue weighted by Gasteiger charge is -2.38. The van der Waals surface area contributed by atoms with Crippen LogP contribution >= 0.6 is 15.9 Å². The maximum absolute atomic E-state index is 13.1. The monoisotopic (exact) mass is 437 g/mol. The van der Waals surface area contributed by atoms with Gasteiger partial charge < -0.3 is 10.4 Å². The number of nitrogens with one attached hydrogen (secondary N) is 1. The van der Waals surface area contributed by atoms with Crippen LogP contribution in [0, 0.1) is 5.92 Å². The number of halogens is 4. The third kappa shape index (κ3) is 3.14. The minimum absolute atomic E-state index is 0.0249. The minimum Gasteiger partial charge on any atom is -0.478 e. The van der Waals surface area contributed by atoms with Crippen molar-refractivity contribution >= 4 is 27.6 Å². The predicted octanol–water partition coefficient (Wildman–Crippen LogP) is 5.99. The molecule has 1 aliphatic carbocycles. The normalized spacial score (nSPS) is 23.5. The fourth-order valence-corrected chi connectivity index (χ4v) is 4.55. The van der Waals surface area contributed by atoms with Gasteiger partial charge in [-0.1, -0.05) is 40.2 Å². The van der Waals surface area contributed by atoms with E-state index in [4.69, 9.17) is 0 Å². The Kier molecular flexibility index (Phi) is 4.29. The van der Waals surface area contributed by atoms with Crippen molar-refractivity contribution in [1.29, 1.82) is 0 Å². The van der Waals surface area contributed by atoms with E-state index >= 15 is 0 Å². The van der Waals surface area contributed by atoms with Gasteiger partial charge in [0.2, 0.25) is 0 Å². The van der Waals surface area contributed by atoms with Gasteiger partial charge in [-0.2, -0.15) is 13.2 Å². The van der Waals surface area contributed by atoms with Crippen LogP contribution < -0.4 is 5.32 Å². The smallest absolute Gasteiger partial charge is 0.416 e. The topological polar surface area (TPSA) is 49.3 Å². The quantitative estimate of drug-likeness (QED) is 0.567. The highest BCUT2D eigenvalue weighted by molar-refractivity contribution is 9.10. The molecule has 2 aliphatic rings. The van der Waals surface area contributed by atoms with Crippen LogP contribution in [0.4, 0.5) is 18.9 Å². The van der Waals surface area contributed by atoms with E-state index in [9.17, 15) is 23.1 Å². The van der Waals surface area contributed by atoms with Crippen molar-refractivity contribution in [2.75, 3.05) is 5.32 Å². The molecule has 0 radical (unpaired) electrons. The van der Waals surface area contributed by atoms with Gasteiger partial charge in [-0.15, -0.1) is 0 Å². The standard InChI is InChI=1S/C20H15BrF3NO2/c21-12-8-15-13-5-2-6-14(13)17(25-18(15)16(9-12)19(26)27)10-3-1-4-11(7-10)20(22,23)24/h1-5,7-9,13-14,17,25H,6H2,(H,26,27)/t13-,14-,17-/m0/s1. The molecule has 0 saturated heterocycles. The summed E-state index contributed by atoms with van der Waals surface area (Å²) in [6.07, 6.45) is 0.316. The first kappa shape index (κ1) is 18.1. The molecule has 1 heterocycles. The van der Waals surface area contributed by atoms with E-state index in [0.717, 1.165) is 17.7 Å². The lowest BCUT2D eigenvalue weighted by molar-refractivity contribution is -0.137. The summed E-state index contributed by atoms with van der Waals surface area (Å²) in [4.78, 5) is 11.7. The molecule has 2 aromatic carbocycles. The summed E-state index contributed by atoms with van der Waals surface area (Å²) < 4.78 is 40.1. The molecular weight excluding hydrogens is 423 g/mol. The first-order chi connectivity index (χ1) is 12.8. The first-order valence-corrected chi connectivity index (χ1v) is 9.22. The molecule has 0 unspecified atom stereocenters. The van der Waals surface area contributed by atoms with E-state index in [1.807, 2.05) is 18.2 Å². The van der Waals surface area contributed by atoms with Crippen molar-refractivity contribution in [3.05, 3.63) is 75.3 Å². The number of rotatable bonds is 2. The highest BCUT2D eigenvalue weighted by Gasteiger charge is 2.40. The van der Waals surface area contributed by atoms with Gasteiger partial charge in [-0.05, 0) is 47.7 Å². The average molecular weight is 438 g/mol. The zero-order chi connectivity index (χ0) is 19.3. The molecule has 0 aromatic heterocycles. The maximum Gasteiger partial charge on any atom is 0.416 e. The van der Waals surface area contributed by atoms with Gasteiger partial charge in [-0.25, -0.2) is 4.79 Å². The second kappa shape index (κ2) is 6.41. The largest absolute Gasteiger partial charge is 0.478 e. The zero-order valence-electron chi connectivity index (χ0n) is 13.9. The molecule has 1 aliphatic heterocycles. The molecule has 140 valence electrons. The molecule has 7 heteroatoms. The van der Waals surface area contributed by atoms with Crippen LogP contribution in [-0.4, -0.2) is 11.1 Å². The van der Waals surface area contributed by atoms with E-state index in [1.54, 1.807) is 6.07 Å². The Bertz CT molecular complexity index is 955. The average Bonchev–Trinajstić information content (AvgIpc) is 3.10. The van der Waals surface area contributed by atoms with Crippen LogP contribution in [0.15, 0.2) is 53.0 Å². The molecule has 4 rings (SSSR count). The van der Waals surface area contributed by atoms with Crippen LogP contribution in [0.2, 0.25) is 0 Å². The number of carbonyl (C=O) groups is 1. The van der Waals surface area contributed by atoms with Gasteiger partial charge in [-0.3, -0.25) is 0 Å². The highest BCUT2D eigenvalue weighted by Crippen LogP contribution is 2.51. The highest BCUT2D eigenvalue weighted by atomic mass is 79.9. The SMILES string of the molecule is O=C(O)c1cc(Br)cc2c1N[C@@H](c1cccc(C(F)(F)F)c1)[C@H]1CC=C[C@H]21. The minimum atomic E-state index is -4.42. The van der Waals surface area contributed by atoms with Crippen LogP contribution in [-0.2, 0) is 6.18 Å². The van der Waals surface area contributed by atoms with Crippen molar-refractivity contribution in [3.63, 3.8) is 0 Å². The van der Waals surface area contributed by atoms with E-state index in [1.165, 1.54) is 12.1 Å². The fraction of sp³-hybridized carbons (Fsp3) is 0.250. The van der Waals surface area contributed by atoms with Crippen molar-refractivity contribution in [2.45, 2.75) is 24.6 Å². The van der Waals surface area contributed by atoms with Gasteiger partial charge in [0, 0.05) is 10.4 Å². The molecule has 0 bridgehead atoms. The Morgan fingerprint density at radius 1 is 1.22 bits per heavy atom. The molecule has 0 fully saturated rings. The van der Waals surface area contributed by atoms with E-state index in [-0.39, 0.29) is 17.4 Å². The van der Waals surface area contributed by atoms with Gasteiger partial charge in [0.1, 0.15) is 0 Å². The number of benzene rings is 2. The Balaban J connectivity index is 1.84. The van der Waals surface area contributed by atoms with Crippen LogP contribution in [0.3, 0.4) is 0 Å². The number of hydrogen-bond acceptors (Lipinski definition) is 2. The lowest BCUT2D eigenvalue weighted by Crippen LogP contribution is -2.30. The number of aromatic carboxylic acids is 1. The van der Waals surface area contributed by atoms with Crippen molar-refractivity contribution in [2.24, 2.45) is 5.92 Å². The van der Waals surface area contributed by atoms with Crippen molar-refractivity contribution in [3.8, 4) is 0 Å². The van der Waals surface area contributed by atoms with Gasteiger partial charge in [0.15, 0.2) is 0 Å². The van der Waals surface area contributed by atoms with Crippen LogP contribution in [0.5, 0.6) is 0 Å². The fourth-order valence-electron chi connectivity index (χ4n) is 4.07. The van der Waals surface area contributed by atoms with Crippen LogP contribution in [0.25, 0.3) is 0 Å². The summed E-state index contributed by atoms with van der Waals surface area (Å²) in [5.74, 6) is -1.10. The number of alkyl halides is 3. The maximum atomic E-state index is 13.1. The summed E-state index contributed by atoms with van der Waals surface area (Å²) in [5.41, 5.74) is 1.23. The van der Waals surface area contributed by atoms with Gasteiger partial charge in [0.25, 0.3) is 0 Å². The Morgan fingerprint density at radius 2 is 2.00 bits per heavy atom.